The van der Waals surface area contributed by atoms with Gasteiger partial charge in [0.25, 0.3) is 0 Å². The summed E-state index contributed by atoms with van der Waals surface area (Å²) in [6.45, 7) is 1.77. The Hall–Kier alpha value is -1.74. The summed E-state index contributed by atoms with van der Waals surface area (Å²) in [6.07, 6.45) is -0.0207. The third-order valence-electron chi connectivity index (χ3n) is 3.13. The first-order valence-electron chi connectivity index (χ1n) is 5.56. The molecular weight excluding hydrogens is 252 g/mol. The van der Waals surface area contributed by atoms with Gasteiger partial charge in [-0.1, -0.05) is 0 Å². The third kappa shape index (κ3) is 1.91. The first-order valence-corrected chi connectivity index (χ1v) is 7.10. The Morgan fingerprint density at radius 3 is 2.83 bits per heavy atom. The van der Waals surface area contributed by atoms with Crippen LogP contribution in [0.25, 0.3) is 0 Å². The number of sulfone groups is 1. The maximum Gasteiger partial charge on any atom is 0.186 e. The molecule has 1 aromatic rings. The summed E-state index contributed by atoms with van der Waals surface area (Å²) in [7, 11) is -2.01. The van der Waals surface area contributed by atoms with Crippen molar-refractivity contribution < 1.29 is 13.2 Å². The SMILES string of the molecule is COc1ccc2c(c1)S(=O)(=O)C(CC#N)C(C)N2. The fraction of sp³-hybridized carbons (Fsp3) is 0.417. The van der Waals surface area contributed by atoms with Crippen LogP contribution in [0.5, 0.6) is 5.75 Å². The second kappa shape index (κ2) is 4.50. The molecule has 0 saturated carbocycles. The number of nitriles is 1. The molecule has 0 fully saturated rings. The zero-order chi connectivity index (χ0) is 13.3. The van der Waals surface area contributed by atoms with Gasteiger partial charge in [0.05, 0.1) is 35.4 Å². The van der Waals surface area contributed by atoms with E-state index in [0.29, 0.717) is 11.4 Å². The highest BCUT2D eigenvalue weighted by Crippen LogP contribution is 2.36. The van der Waals surface area contributed by atoms with Crippen molar-refractivity contribution in [1.29, 1.82) is 5.26 Å². The molecule has 2 atom stereocenters. The lowest BCUT2D eigenvalue weighted by atomic mass is 10.1. The Balaban J connectivity index is 2.57. The minimum absolute atomic E-state index is 0.0207. The second-order valence-electron chi connectivity index (χ2n) is 4.24. The third-order valence-corrected chi connectivity index (χ3v) is 5.45. The van der Waals surface area contributed by atoms with Crippen LogP contribution >= 0.6 is 0 Å². The number of nitrogens with one attached hydrogen (secondary N) is 1. The molecule has 0 aliphatic carbocycles. The van der Waals surface area contributed by atoms with Gasteiger partial charge in [0.1, 0.15) is 5.75 Å². The molecule has 1 aromatic carbocycles. The topological polar surface area (TPSA) is 79.2 Å². The van der Waals surface area contributed by atoms with E-state index in [1.54, 1.807) is 19.1 Å². The maximum atomic E-state index is 12.4. The Morgan fingerprint density at radius 2 is 2.22 bits per heavy atom. The van der Waals surface area contributed by atoms with Crippen LogP contribution in [0.4, 0.5) is 5.69 Å². The maximum absolute atomic E-state index is 12.4. The molecule has 1 aliphatic rings. The van der Waals surface area contributed by atoms with Crippen molar-refractivity contribution >= 4 is 15.5 Å². The normalized spacial score (nSPS) is 24.5. The van der Waals surface area contributed by atoms with Crippen molar-refractivity contribution in [3.05, 3.63) is 18.2 Å². The van der Waals surface area contributed by atoms with Crippen LogP contribution in [-0.2, 0) is 9.84 Å². The molecule has 0 spiro atoms. The van der Waals surface area contributed by atoms with Gasteiger partial charge in [0.2, 0.25) is 0 Å². The number of rotatable bonds is 2. The minimum Gasteiger partial charge on any atom is -0.497 e. The van der Waals surface area contributed by atoms with E-state index >= 15 is 0 Å². The van der Waals surface area contributed by atoms with Crippen molar-refractivity contribution in [2.45, 2.75) is 29.5 Å². The lowest BCUT2D eigenvalue weighted by Crippen LogP contribution is -2.41. The van der Waals surface area contributed by atoms with E-state index in [0.717, 1.165) is 0 Å². The molecule has 0 bridgehead atoms. The first-order chi connectivity index (χ1) is 8.50. The second-order valence-corrected chi connectivity index (χ2v) is 6.38. The van der Waals surface area contributed by atoms with Gasteiger partial charge in [-0.3, -0.25) is 0 Å². The fourth-order valence-corrected chi connectivity index (χ4v) is 4.07. The number of ether oxygens (including phenoxy) is 1. The average molecular weight is 266 g/mol. The average Bonchev–Trinajstić information content (AvgIpc) is 2.34. The highest BCUT2D eigenvalue weighted by Gasteiger charge is 2.38. The summed E-state index contributed by atoms with van der Waals surface area (Å²) in [4.78, 5) is 0.209. The Kier molecular flexibility index (Phi) is 3.18. The molecule has 1 N–H and O–H groups in total. The highest BCUT2D eigenvalue weighted by atomic mass is 32.2. The highest BCUT2D eigenvalue weighted by molar-refractivity contribution is 7.92. The summed E-state index contributed by atoms with van der Waals surface area (Å²) < 4.78 is 29.9. The van der Waals surface area contributed by atoms with E-state index in [4.69, 9.17) is 10.00 Å². The summed E-state index contributed by atoms with van der Waals surface area (Å²) >= 11 is 0. The van der Waals surface area contributed by atoms with Gasteiger partial charge >= 0.3 is 0 Å². The number of nitrogens with zero attached hydrogens (tertiary/aromatic N) is 1. The van der Waals surface area contributed by atoms with Crippen molar-refractivity contribution in [3.8, 4) is 11.8 Å². The van der Waals surface area contributed by atoms with Crippen LogP contribution in [0.3, 0.4) is 0 Å². The molecule has 0 radical (unpaired) electrons. The predicted molar refractivity (Wildman–Crippen MR) is 67.3 cm³/mol. The Bertz CT molecular complexity index is 604. The molecule has 2 rings (SSSR count). The number of methoxy groups -OCH3 is 1. The zero-order valence-corrected chi connectivity index (χ0v) is 11.0. The van der Waals surface area contributed by atoms with E-state index in [2.05, 4.69) is 5.32 Å². The Morgan fingerprint density at radius 1 is 1.50 bits per heavy atom. The van der Waals surface area contributed by atoms with Crippen molar-refractivity contribution in [3.63, 3.8) is 0 Å². The van der Waals surface area contributed by atoms with Crippen LogP contribution in [0.1, 0.15) is 13.3 Å². The lowest BCUT2D eigenvalue weighted by Gasteiger charge is -2.31. The number of anilines is 1. The number of fused-ring (bicyclic) bond motifs is 1. The summed E-state index contributed by atoms with van der Waals surface area (Å²) in [5.41, 5.74) is 0.567. The van der Waals surface area contributed by atoms with Gasteiger partial charge in [-0.05, 0) is 19.1 Å². The first kappa shape index (κ1) is 12.7. The van der Waals surface area contributed by atoms with E-state index < -0.39 is 15.1 Å². The molecule has 2 unspecified atom stereocenters. The summed E-state index contributed by atoms with van der Waals surface area (Å²) in [5, 5.41) is 11.1. The molecule has 1 heterocycles. The van der Waals surface area contributed by atoms with E-state index in [1.807, 2.05) is 6.07 Å². The van der Waals surface area contributed by atoms with E-state index in [9.17, 15) is 8.42 Å². The van der Waals surface area contributed by atoms with Crippen LogP contribution in [-0.4, -0.2) is 26.8 Å². The van der Waals surface area contributed by atoms with Crippen molar-refractivity contribution in [1.82, 2.24) is 0 Å². The smallest absolute Gasteiger partial charge is 0.186 e. The van der Waals surface area contributed by atoms with Crippen LogP contribution in [0, 0.1) is 11.3 Å². The zero-order valence-electron chi connectivity index (χ0n) is 10.2. The molecule has 18 heavy (non-hydrogen) atoms. The van der Waals surface area contributed by atoms with Gasteiger partial charge in [-0.25, -0.2) is 8.42 Å². The van der Waals surface area contributed by atoms with Crippen molar-refractivity contribution in [2.75, 3.05) is 12.4 Å². The monoisotopic (exact) mass is 266 g/mol. The number of benzene rings is 1. The Labute approximate surface area is 106 Å². The molecule has 5 nitrogen and oxygen atoms in total. The number of hydrogen-bond acceptors (Lipinski definition) is 5. The molecule has 0 saturated heterocycles. The minimum atomic E-state index is -3.49. The van der Waals surface area contributed by atoms with Crippen LogP contribution in [0.2, 0.25) is 0 Å². The molecule has 6 heteroatoms. The predicted octanol–water partition coefficient (Wildman–Crippen LogP) is 1.57. The molecule has 96 valence electrons. The van der Waals surface area contributed by atoms with Crippen molar-refractivity contribution in [2.24, 2.45) is 0 Å². The van der Waals surface area contributed by atoms with E-state index in [-0.39, 0.29) is 17.4 Å². The largest absolute Gasteiger partial charge is 0.497 e. The molecular formula is C12H14N2O3S. The molecule has 0 aromatic heterocycles. The van der Waals surface area contributed by atoms with E-state index in [1.165, 1.54) is 13.2 Å². The van der Waals surface area contributed by atoms with Gasteiger partial charge in [-0.2, -0.15) is 5.26 Å². The van der Waals surface area contributed by atoms with Gasteiger partial charge in [0.15, 0.2) is 9.84 Å². The standard InChI is InChI=1S/C12H14N2O3S/c1-8-11(5-6-13)18(15,16)12-7-9(17-2)3-4-10(12)14-8/h3-4,7-8,11,14H,5H2,1-2H3. The van der Waals surface area contributed by atoms with Gasteiger partial charge in [-0.15, -0.1) is 0 Å². The van der Waals surface area contributed by atoms with Gasteiger partial charge < -0.3 is 10.1 Å². The molecule has 0 amide bonds. The van der Waals surface area contributed by atoms with Crippen LogP contribution < -0.4 is 10.1 Å². The number of hydrogen-bond donors (Lipinski definition) is 1. The van der Waals surface area contributed by atoms with Gasteiger partial charge in [0, 0.05) is 12.1 Å². The lowest BCUT2D eigenvalue weighted by molar-refractivity contribution is 0.413. The van der Waals surface area contributed by atoms with Crippen LogP contribution in [0.15, 0.2) is 23.1 Å². The summed E-state index contributed by atoms with van der Waals surface area (Å²) in [6, 6.07) is 6.54. The fourth-order valence-electron chi connectivity index (χ4n) is 2.13. The summed E-state index contributed by atoms with van der Waals surface area (Å²) in [5.74, 6) is 0.490. The molecule has 1 aliphatic heterocycles. The quantitative estimate of drug-likeness (QED) is 0.878.